The topological polar surface area (TPSA) is 38.7 Å². The summed E-state index contributed by atoms with van der Waals surface area (Å²) >= 11 is 0. The quantitative estimate of drug-likeness (QED) is 0.833. The fraction of sp³-hybridized carbons (Fsp3) is 0.625. The third-order valence-corrected chi connectivity index (χ3v) is 3.95. The Balaban J connectivity index is 2.09. The first-order chi connectivity index (χ1) is 10.2. The fourth-order valence-corrected chi connectivity index (χ4v) is 2.84. The van der Waals surface area contributed by atoms with E-state index in [4.69, 9.17) is 5.11 Å². The summed E-state index contributed by atoms with van der Waals surface area (Å²) in [6.07, 6.45) is 1.07. The van der Waals surface area contributed by atoms with E-state index in [0.29, 0.717) is 6.54 Å². The van der Waals surface area contributed by atoms with Crippen molar-refractivity contribution in [2.24, 2.45) is 0 Å². The van der Waals surface area contributed by atoms with E-state index in [1.807, 2.05) is 6.07 Å². The molecule has 1 saturated heterocycles. The van der Waals surface area contributed by atoms with Crippen LogP contribution in [0.4, 0.5) is 10.1 Å². The predicted octanol–water partition coefficient (Wildman–Crippen LogP) is 1.44. The zero-order valence-corrected chi connectivity index (χ0v) is 12.8. The van der Waals surface area contributed by atoms with E-state index in [1.54, 1.807) is 12.1 Å². The number of benzene rings is 1. The number of anilines is 1. The van der Waals surface area contributed by atoms with Gasteiger partial charge in [-0.25, -0.2) is 4.39 Å². The molecule has 21 heavy (non-hydrogen) atoms. The van der Waals surface area contributed by atoms with Crippen LogP contribution in [0.15, 0.2) is 18.2 Å². The van der Waals surface area contributed by atoms with Crippen LogP contribution in [0, 0.1) is 5.82 Å². The first-order valence-corrected chi connectivity index (χ1v) is 7.82. The van der Waals surface area contributed by atoms with Crippen molar-refractivity contribution in [3.63, 3.8) is 0 Å². The molecule has 2 rings (SSSR count). The van der Waals surface area contributed by atoms with E-state index in [-0.39, 0.29) is 12.4 Å². The van der Waals surface area contributed by atoms with Crippen LogP contribution in [-0.4, -0.2) is 55.9 Å². The van der Waals surface area contributed by atoms with Gasteiger partial charge in [-0.15, -0.1) is 0 Å². The molecule has 5 heteroatoms. The minimum Gasteiger partial charge on any atom is -0.395 e. The number of nitrogens with zero attached hydrogens (tertiary/aromatic N) is 2. The Morgan fingerprint density at radius 2 is 2.10 bits per heavy atom. The highest BCUT2D eigenvalue weighted by Gasteiger charge is 2.17. The molecule has 1 heterocycles. The fourth-order valence-electron chi connectivity index (χ4n) is 2.84. The Bertz CT molecular complexity index is 442. The summed E-state index contributed by atoms with van der Waals surface area (Å²) in [4.78, 5) is 4.62. The molecular weight excluding hydrogens is 269 g/mol. The maximum Gasteiger partial charge on any atom is 0.123 e. The second-order valence-corrected chi connectivity index (χ2v) is 5.46. The average Bonchev–Trinajstić information content (AvgIpc) is 2.71. The number of rotatable bonds is 6. The largest absolute Gasteiger partial charge is 0.395 e. The summed E-state index contributed by atoms with van der Waals surface area (Å²) < 4.78 is 13.5. The number of hydrogen-bond acceptors (Lipinski definition) is 4. The molecule has 0 saturated carbocycles. The van der Waals surface area contributed by atoms with Gasteiger partial charge in [-0.05, 0) is 43.3 Å². The highest BCUT2D eigenvalue weighted by atomic mass is 19.1. The molecule has 1 fully saturated rings. The number of halogens is 1. The van der Waals surface area contributed by atoms with E-state index in [2.05, 4.69) is 22.0 Å². The number of hydrogen-bond donors (Lipinski definition) is 2. The van der Waals surface area contributed by atoms with Crippen molar-refractivity contribution in [1.29, 1.82) is 0 Å². The Labute approximate surface area is 126 Å². The van der Waals surface area contributed by atoms with Gasteiger partial charge in [-0.2, -0.15) is 0 Å². The molecule has 1 aliphatic rings. The second-order valence-electron chi connectivity index (χ2n) is 5.46. The monoisotopic (exact) mass is 295 g/mol. The van der Waals surface area contributed by atoms with E-state index >= 15 is 0 Å². The third-order valence-electron chi connectivity index (χ3n) is 3.95. The molecule has 1 aromatic rings. The Morgan fingerprint density at radius 3 is 2.86 bits per heavy atom. The van der Waals surface area contributed by atoms with Crippen LogP contribution in [0.5, 0.6) is 0 Å². The number of aliphatic hydroxyl groups excluding tert-OH is 1. The van der Waals surface area contributed by atoms with Crippen molar-refractivity contribution < 1.29 is 9.50 Å². The van der Waals surface area contributed by atoms with Gasteiger partial charge in [-0.3, -0.25) is 4.90 Å². The molecule has 118 valence electrons. The van der Waals surface area contributed by atoms with E-state index in [0.717, 1.165) is 56.9 Å². The van der Waals surface area contributed by atoms with Crippen molar-refractivity contribution >= 4 is 5.69 Å². The lowest BCUT2D eigenvalue weighted by Gasteiger charge is -2.26. The van der Waals surface area contributed by atoms with Crippen LogP contribution in [0.2, 0.25) is 0 Å². The molecule has 0 aliphatic carbocycles. The summed E-state index contributed by atoms with van der Waals surface area (Å²) in [7, 11) is 0. The summed E-state index contributed by atoms with van der Waals surface area (Å²) in [5, 5.41) is 12.3. The smallest absolute Gasteiger partial charge is 0.123 e. The molecule has 1 aromatic carbocycles. The number of nitrogens with one attached hydrogen (secondary N) is 1. The van der Waals surface area contributed by atoms with Crippen LogP contribution in [0.25, 0.3) is 0 Å². The van der Waals surface area contributed by atoms with Crippen molar-refractivity contribution in [3.8, 4) is 0 Å². The van der Waals surface area contributed by atoms with Crippen molar-refractivity contribution in [1.82, 2.24) is 10.2 Å². The highest BCUT2D eigenvalue weighted by molar-refractivity contribution is 5.54. The van der Waals surface area contributed by atoms with Gasteiger partial charge >= 0.3 is 0 Å². The Kier molecular flexibility index (Phi) is 6.42. The van der Waals surface area contributed by atoms with Gasteiger partial charge in [-0.1, -0.05) is 6.92 Å². The molecule has 1 aliphatic heterocycles. The molecule has 2 N–H and O–H groups in total. The highest BCUT2D eigenvalue weighted by Crippen LogP contribution is 2.23. The summed E-state index contributed by atoms with van der Waals surface area (Å²) in [6.45, 7) is 8.43. The van der Waals surface area contributed by atoms with Gasteiger partial charge in [0.2, 0.25) is 0 Å². The van der Waals surface area contributed by atoms with Gasteiger partial charge in [0.15, 0.2) is 0 Å². The molecule has 0 atom stereocenters. The second kappa shape index (κ2) is 8.32. The average molecular weight is 295 g/mol. The zero-order valence-electron chi connectivity index (χ0n) is 12.8. The molecule has 4 nitrogen and oxygen atoms in total. The first-order valence-electron chi connectivity index (χ1n) is 7.82. The lowest BCUT2D eigenvalue weighted by molar-refractivity contribution is 0.204. The van der Waals surface area contributed by atoms with Crippen LogP contribution in [-0.2, 0) is 6.54 Å². The molecule has 0 radical (unpaired) electrons. The summed E-state index contributed by atoms with van der Waals surface area (Å²) in [5.41, 5.74) is 2.15. The van der Waals surface area contributed by atoms with Gasteiger partial charge in [0.1, 0.15) is 5.82 Å². The van der Waals surface area contributed by atoms with Crippen molar-refractivity contribution in [2.75, 3.05) is 50.8 Å². The molecule has 0 unspecified atom stereocenters. The Morgan fingerprint density at radius 1 is 1.24 bits per heavy atom. The van der Waals surface area contributed by atoms with Gasteiger partial charge in [0.25, 0.3) is 0 Å². The Hall–Kier alpha value is -1.17. The maximum atomic E-state index is 13.5. The van der Waals surface area contributed by atoms with Crippen molar-refractivity contribution in [2.45, 2.75) is 19.9 Å². The van der Waals surface area contributed by atoms with Gasteiger partial charge in [0.05, 0.1) is 6.61 Å². The maximum absolute atomic E-state index is 13.5. The summed E-state index contributed by atoms with van der Waals surface area (Å²) in [6, 6.07) is 5.07. The van der Waals surface area contributed by atoms with Gasteiger partial charge in [0, 0.05) is 38.4 Å². The van der Waals surface area contributed by atoms with E-state index in [9.17, 15) is 4.39 Å². The lowest BCUT2D eigenvalue weighted by Crippen LogP contribution is -2.33. The minimum absolute atomic E-state index is 0.177. The van der Waals surface area contributed by atoms with E-state index in [1.165, 1.54) is 0 Å². The standard InChI is InChI=1S/C16H26FN3O/c1-2-18-13-14-12-15(17)4-5-16(14)20-7-3-6-19(8-9-20)10-11-21/h4-5,12,18,21H,2-3,6-11,13H2,1H3. The first kappa shape index (κ1) is 16.2. The molecular formula is C16H26FN3O. The van der Waals surface area contributed by atoms with Crippen LogP contribution in [0.1, 0.15) is 18.9 Å². The normalized spacial score (nSPS) is 17.0. The number of aliphatic hydroxyl groups is 1. The summed E-state index contributed by atoms with van der Waals surface area (Å²) in [5.74, 6) is -0.177. The zero-order chi connectivity index (χ0) is 15.1. The molecule has 0 amide bonds. The third kappa shape index (κ3) is 4.66. The SMILES string of the molecule is CCNCc1cc(F)ccc1N1CCCN(CCO)CC1. The lowest BCUT2D eigenvalue weighted by atomic mass is 10.1. The van der Waals surface area contributed by atoms with E-state index < -0.39 is 0 Å². The molecule has 0 aromatic heterocycles. The van der Waals surface area contributed by atoms with Crippen LogP contribution < -0.4 is 10.2 Å². The molecule has 0 bridgehead atoms. The van der Waals surface area contributed by atoms with Crippen molar-refractivity contribution in [3.05, 3.63) is 29.6 Å². The predicted molar refractivity (Wildman–Crippen MR) is 84.1 cm³/mol. The van der Waals surface area contributed by atoms with Gasteiger partial charge < -0.3 is 15.3 Å². The molecule has 0 spiro atoms. The van der Waals surface area contributed by atoms with Crippen LogP contribution in [0.3, 0.4) is 0 Å². The number of β-amino-alcohol motifs (C(OH)–C–C–N with tert-alkyl or cyclic N) is 1. The minimum atomic E-state index is -0.177. The van der Waals surface area contributed by atoms with Crippen LogP contribution >= 0.6 is 0 Å².